The molecule has 23 heavy (non-hydrogen) atoms. The number of nitrogens with one attached hydrogen (secondary N) is 1. The van der Waals surface area contributed by atoms with Gasteiger partial charge in [-0.25, -0.2) is 0 Å². The van der Waals surface area contributed by atoms with Crippen LogP contribution in [0.5, 0.6) is 0 Å². The highest BCUT2D eigenvalue weighted by Gasteiger charge is 2.39. The molecule has 0 unspecified atom stereocenters. The standard InChI is InChI=1S/C14H33NO5Si3/c1-18-14(17)12-13(16)15-10-9-11-23(8,19-21(2,3)4)20-22(5,6)7/h9-12H2,1-8H3,(H,15,16). The third-order valence-corrected chi connectivity index (χ3v) is 12.3. The summed E-state index contributed by atoms with van der Waals surface area (Å²) in [4.78, 5) is 22.6. The number of esters is 1. The molecule has 0 saturated heterocycles. The molecule has 0 saturated carbocycles. The first-order valence-electron chi connectivity index (χ1n) is 8.00. The highest BCUT2D eigenvalue weighted by Crippen LogP contribution is 2.25. The van der Waals surface area contributed by atoms with Crippen LogP contribution in [-0.4, -0.2) is 50.7 Å². The Labute approximate surface area is 143 Å². The molecular formula is C14H33NO5Si3. The summed E-state index contributed by atoms with van der Waals surface area (Å²) in [5.74, 6) is -0.830. The summed E-state index contributed by atoms with van der Waals surface area (Å²) < 4.78 is 17.3. The minimum absolute atomic E-state index is 0.234. The van der Waals surface area contributed by atoms with Gasteiger partial charge in [-0.1, -0.05) is 0 Å². The van der Waals surface area contributed by atoms with E-state index in [0.29, 0.717) is 6.54 Å². The van der Waals surface area contributed by atoms with Crippen molar-refractivity contribution in [2.75, 3.05) is 13.7 Å². The van der Waals surface area contributed by atoms with E-state index in [1.807, 2.05) is 0 Å². The molecule has 0 rings (SSSR count). The van der Waals surface area contributed by atoms with Crippen LogP contribution in [0.3, 0.4) is 0 Å². The van der Waals surface area contributed by atoms with E-state index in [9.17, 15) is 9.59 Å². The Morgan fingerprint density at radius 2 is 1.39 bits per heavy atom. The van der Waals surface area contributed by atoms with Crippen LogP contribution in [0, 0.1) is 0 Å². The summed E-state index contributed by atoms with van der Waals surface area (Å²) in [7, 11) is -4.36. The van der Waals surface area contributed by atoms with E-state index >= 15 is 0 Å². The van der Waals surface area contributed by atoms with Crippen molar-refractivity contribution < 1.29 is 22.6 Å². The molecule has 0 aliphatic carbocycles. The zero-order valence-electron chi connectivity index (χ0n) is 15.9. The molecule has 136 valence electrons. The molecule has 9 heteroatoms. The van der Waals surface area contributed by atoms with Crippen molar-refractivity contribution in [2.45, 2.75) is 64.7 Å². The van der Waals surface area contributed by atoms with Crippen molar-refractivity contribution in [1.29, 1.82) is 0 Å². The molecular weight excluding hydrogens is 346 g/mol. The number of rotatable bonds is 10. The van der Waals surface area contributed by atoms with Gasteiger partial charge in [0.25, 0.3) is 0 Å². The van der Waals surface area contributed by atoms with Crippen molar-refractivity contribution in [3.8, 4) is 0 Å². The van der Waals surface area contributed by atoms with Crippen LogP contribution >= 0.6 is 0 Å². The van der Waals surface area contributed by atoms with Gasteiger partial charge in [-0.05, 0) is 58.3 Å². The lowest BCUT2D eigenvalue weighted by Gasteiger charge is -2.38. The summed E-state index contributed by atoms with van der Waals surface area (Å²) in [5, 5.41) is 2.74. The summed E-state index contributed by atoms with van der Waals surface area (Å²) in [5.41, 5.74) is 0. The maximum Gasteiger partial charge on any atom is 0.315 e. The molecule has 0 aromatic rings. The Balaban J connectivity index is 4.46. The number of carbonyl (C=O) groups excluding carboxylic acids is 2. The van der Waals surface area contributed by atoms with Crippen molar-refractivity contribution in [1.82, 2.24) is 5.32 Å². The second kappa shape index (κ2) is 9.11. The number of ether oxygens (including phenoxy) is 1. The largest absolute Gasteiger partial charge is 0.469 e. The third kappa shape index (κ3) is 12.6. The van der Waals surface area contributed by atoms with Crippen LogP contribution in [0.15, 0.2) is 0 Å². The second-order valence-corrected chi connectivity index (χ2v) is 20.6. The fourth-order valence-electron chi connectivity index (χ4n) is 2.32. The van der Waals surface area contributed by atoms with Gasteiger partial charge in [0.2, 0.25) is 5.91 Å². The van der Waals surface area contributed by atoms with E-state index in [1.54, 1.807) is 0 Å². The first-order valence-corrected chi connectivity index (χ1v) is 17.3. The van der Waals surface area contributed by atoms with Gasteiger partial charge in [0.15, 0.2) is 16.6 Å². The highest BCUT2D eigenvalue weighted by atomic mass is 28.5. The maximum absolute atomic E-state index is 11.5. The molecule has 0 aliphatic rings. The lowest BCUT2D eigenvalue weighted by Crippen LogP contribution is -2.52. The van der Waals surface area contributed by atoms with Gasteiger partial charge in [0.05, 0.1) is 7.11 Å². The molecule has 1 amide bonds. The normalized spacial score (nSPS) is 12.9. The Morgan fingerprint density at radius 1 is 0.913 bits per heavy atom. The molecule has 0 atom stereocenters. The summed E-state index contributed by atoms with van der Waals surface area (Å²) >= 11 is 0. The lowest BCUT2D eigenvalue weighted by molar-refractivity contribution is -0.143. The molecule has 0 fully saturated rings. The van der Waals surface area contributed by atoms with Crippen molar-refractivity contribution in [2.24, 2.45) is 0 Å². The number of hydrogen-bond donors (Lipinski definition) is 1. The van der Waals surface area contributed by atoms with Crippen molar-refractivity contribution in [3.63, 3.8) is 0 Å². The zero-order chi connectivity index (χ0) is 18.3. The van der Waals surface area contributed by atoms with Crippen LogP contribution in [0.4, 0.5) is 0 Å². The Bertz CT molecular complexity index is 388. The quantitative estimate of drug-likeness (QED) is 0.273. The van der Waals surface area contributed by atoms with Gasteiger partial charge < -0.3 is 18.3 Å². The van der Waals surface area contributed by atoms with E-state index < -0.39 is 31.2 Å². The molecule has 0 aromatic heterocycles. The van der Waals surface area contributed by atoms with E-state index in [0.717, 1.165) is 12.5 Å². The van der Waals surface area contributed by atoms with E-state index in [-0.39, 0.29) is 12.3 Å². The van der Waals surface area contributed by atoms with Crippen molar-refractivity contribution in [3.05, 3.63) is 0 Å². The second-order valence-electron chi connectivity index (χ2n) is 7.77. The van der Waals surface area contributed by atoms with Gasteiger partial charge in [-0.3, -0.25) is 9.59 Å². The molecule has 0 aliphatic heterocycles. The van der Waals surface area contributed by atoms with E-state index in [1.165, 1.54) is 7.11 Å². The van der Waals surface area contributed by atoms with E-state index in [2.05, 4.69) is 55.9 Å². The molecule has 0 radical (unpaired) electrons. The maximum atomic E-state index is 11.5. The first-order chi connectivity index (χ1) is 10.3. The Morgan fingerprint density at radius 3 is 1.78 bits per heavy atom. The fraction of sp³-hybridized carbons (Fsp3) is 0.857. The van der Waals surface area contributed by atoms with Crippen LogP contribution < -0.4 is 5.32 Å². The molecule has 0 spiro atoms. The molecule has 6 nitrogen and oxygen atoms in total. The number of hydrogen-bond acceptors (Lipinski definition) is 5. The van der Waals surface area contributed by atoms with Crippen LogP contribution in [0.25, 0.3) is 0 Å². The summed E-state index contributed by atoms with van der Waals surface area (Å²) in [6.07, 6.45) is 0.548. The minimum Gasteiger partial charge on any atom is -0.469 e. The van der Waals surface area contributed by atoms with Crippen LogP contribution in [0.2, 0.25) is 51.9 Å². The summed E-state index contributed by atoms with van der Waals surface area (Å²) in [6.45, 7) is 15.7. The van der Waals surface area contributed by atoms with E-state index in [4.69, 9.17) is 8.23 Å². The number of amides is 1. The average Bonchev–Trinajstić information content (AvgIpc) is 2.29. The number of carbonyl (C=O) groups is 2. The predicted molar refractivity (Wildman–Crippen MR) is 99.5 cm³/mol. The molecule has 0 aromatic carbocycles. The van der Waals surface area contributed by atoms with Gasteiger partial charge in [-0.15, -0.1) is 0 Å². The predicted octanol–water partition coefficient (Wildman–Crippen LogP) is 2.83. The monoisotopic (exact) mass is 379 g/mol. The van der Waals surface area contributed by atoms with Gasteiger partial charge in [0.1, 0.15) is 6.42 Å². The Kier molecular flexibility index (Phi) is 8.92. The lowest BCUT2D eigenvalue weighted by atomic mass is 10.4. The fourth-order valence-corrected chi connectivity index (χ4v) is 14.9. The zero-order valence-corrected chi connectivity index (χ0v) is 18.9. The SMILES string of the molecule is COC(=O)CC(=O)NCCC[Si](C)(O[Si](C)(C)C)O[Si](C)(C)C. The van der Waals surface area contributed by atoms with Crippen LogP contribution in [0.1, 0.15) is 12.8 Å². The summed E-state index contributed by atoms with van der Waals surface area (Å²) in [6, 6.07) is 0.833. The van der Waals surface area contributed by atoms with Crippen LogP contribution in [-0.2, 0) is 22.6 Å². The minimum atomic E-state index is -2.25. The van der Waals surface area contributed by atoms with Gasteiger partial charge in [-0.2, -0.15) is 0 Å². The molecule has 0 bridgehead atoms. The third-order valence-electron chi connectivity index (χ3n) is 2.71. The average molecular weight is 380 g/mol. The topological polar surface area (TPSA) is 73.9 Å². The molecule has 0 heterocycles. The number of methoxy groups -OCH3 is 1. The van der Waals surface area contributed by atoms with Gasteiger partial charge in [0, 0.05) is 6.54 Å². The molecule has 1 N–H and O–H groups in total. The highest BCUT2D eigenvalue weighted by molar-refractivity contribution is 6.87. The Hall–Kier alpha value is -0.489. The smallest absolute Gasteiger partial charge is 0.315 e. The first kappa shape index (κ1) is 22.5. The van der Waals surface area contributed by atoms with Gasteiger partial charge >= 0.3 is 14.5 Å². The van der Waals surface area contributed by atoms with Crippen molar-refractivity contribution >= 4 is 37.1 Å².